The molecule has 1 rings (SSSR count). The number of carbonyl (C=O) groups excluding carboxylic acids is 1. The smallest absolute Gasteiger partial charge is 0.306 e. The zero-order valence-corrected chi connectivity index (χ0v) is 10.6. The Morgan fingerprint density at radius 2 is 2.20 bits per heavy atom. The van der Waals surface area contributed by atoms with Crippen molar-refractivity contribution in [2.45, 2.75) is 26.7 Å². The lowest BCUT2D eigenvalue weighted by Gasteiger charge is -2.04. The number of rotatable bonds is 4. The van der Waals surface area contributed by atoms with Gasteiger partial charge in [-0.25, -0.2) is 0 Å². The molecule has 0 N–H and O–H groups in total. The Hall–Kier alpha value is -0.830. The molecule has 82 valence electrons. The van der Waals surface area contributed by atoms with Gasteiger partial charge in [-0.05, 0) is 37.5 Å². The van der Waals surface area contributed by atoms with Crippen LogP contribution in [0.3, 0.4) is 0 Å². The molecular formula is C12H15BrO2. The molecule has 3 heteroatoms. The van der Waals surface area contributed by atoms with Gasteiger partial charge >= 0.3 is 5.97 Å². The first-order valence-electron chi connectivity index (χ1n) is 5.04. The third-order valence-corrected chi connectivity index (χ3v) is 3.01. The van der Waals surface area contributed by atoms with Gasteiger partial charge in [0.05, 0.1) is 6.61 Å². The van der Waals surface area contributed by atoms with E-state index < -0.39 is 0 Å². The van der Waals surface area contributed by atoms with Crippen LogP contribution in [0.2, 0.25) is 0 Å². The van der Waals surface area contributed by atoms with Gasteiger partial charge in [0.1, 0.15) is 0 Å². The molecule has 0 spiro atoms. The zero-order chi connectivity index (χ0) is 11.3. The number of carbonyl (C=O) groups is 1. The van der Waals surface area contributed by atoms with E-state index in [0.29, 0.717) is 13.0 Å². The summed E-state index contributed by atoms with van der Waals surface area (Å²) in [6.45, 7) is 4.32. The fraction of sp³-hybridized carbons (Fsp3) is 0.417. The molecule has 0 atom stereocenters. The van der Waals surface area contributed by atoms with Gasteiger partial charge in [0, 0.05) is 10.9 Å². The summed E-state index contributed by atoms with van der Waals surface area (Å²) in [7, 11) is 0. The molecule has 0 saturated carbocycles. The lowest BCUT2D eigenvalue weighted by molar-refractivity contribution is -0.143. The Kier molecular flexibility index (Phi) is 4.82. The van der Waals surface area contributed by atoms with Gasteiger partial charge < -0.3 is 4.74 Å². The van der Waals surface area contributed by atoms with Crippen LogP contribution in [0.25, 0.3) is 0 Å². The van der Waals surface area contributed by atoms with Crippen molar-refractivity contribution in [1.29, 1.82) is 0 Å². The third-order valence-electron chi connectivity index (χ3n) is 2.16. The van der Waals surface area contributed by atoms with Gasteiger partial charge in [0.2, 0.25) is 0 Å². The molecule has 1 aromatic carbocycles. The van der Waals surface area contributed by atoms with Crippen LogP contribution in [0.1, 0.15) is 24.5 Å². The molecule has 15 heavy (non-hydrogen) atoms. The fourth-order valence-corrected chi connectivity index (χ4v) is 1.70. The molecule has 0 aliphatic heterocycles. The summed E-state index contributed by atoms with van der Waals surface area (Å²) in [5.41, 5.74) is 2.36. The van der Waals surface area contributed by atoms with Crippen molar-refractivity contribution in [3.63, 3.8) is 0 Å². The average molecular weight is 271 g/mol. The Bertz CT molecular complexity index is 347. The van der Waals surface area contributed by atoms with Crippen molar-refractivity contribution in [1.82, 2.24) is 0 Å². The number of aryl methyl sites for hydroxylation is 2. The largest absolute Gasteiger partial charge is 0.466 e. The molecule has 0 amide bonds. The van der Waals surface area contributed by atoms with Crippen molar-refractivity contribution in [3.8, 4) is 0 Å². The molecule has 0 aromatic heterocycles. The average Bonchev–Trinajstić information content (AvgIpc) is 2.20. The Labute approximate surface area is 98.8 Å². The van der Waals surface area contributed by atoms with Crippen molar-refractivity contribution in [2.75, 3.05) is 6.61 Å². The quantitative estimate of drug-likeness (QED) is 0.786. The van der Waals surface area contributed by atoms with Crippen molar-refractivity contribution in [2.24, 2.45) is 0 Å². The van der Waals surface area contributed by atoms with Gasteiger partial charge in [-0.1, -0.05) is 28.1 Å². The Morgan fingerprint density at radius 1 is 1.47 bits per heavy atom. The van der Waals surface area contributed by atoms with Crippen LogP contribution in [-0.2, 0) is 16.0 Å². The van der Waals surface area contributed by atoms with E-state index >= 15 is 0 Å². The number of hydrogen-bond acceptors (Lipinski definition) is 2. The fourth-order valence-electron chi connectivity index (χ4n) is 1.27. The molecule has 0 bridgehead atoms. The minimum absolute atomic E-state index is 0.130. The molecule has 0 unspecified atom stereocenters. The van der Waals surface area contributed by atoms with E-state index in [4.69, 9.17) is 4.74 Å². The van der Waals surface area contributed by atoms with Crippen LogP contribution < -0.4 is 0 Å². The van der Waals surface area contributed by atoms with E-state index in [9.17, 15) is 4.79 Å². The molecular weight excluding hydrogens is 256 g/mol. The number of halogens is 1. The highest BCUT2D eigenvalue weighted by Gasteiger charge is 2.03. The summed E-state index contributed by atoms with van der Waals surface area (Å²) < 4.78 is 5.95. The van der Waals surface area contributed by atoms with E-state index in [-0.39, 0.29) is 5.97 Å². The lowest BCUT2D eigenvalue weighted by atomic mass is 10.1. The monoisotopic (exact) mass is 270 g/mol. The standard InChI is InChI=1S/C12H15BrO2/c1-3-15-12(14)7-6-10-5-4-9(2)11(13)8-10/h4-5,8H,3,6-7H2,1-2H3. The maximum absolute atomic E-state index is 11.1. The maximum atomic E-state index is 11.1. The minimum Gasteiger partial charge on any atom is -0.466 e. The topological polar surface area (TPSA) is 26.3 Å². The molecule has 2 nitrogen and oxygen atoms in total. The second-order valence-corrected chi connectivity index (χ2v) is 4.24. The van der Waals surface area contributed by atoms with Crippen LogP contribution in [0, 0.1) is 6.92 Å². The minimum atomic E-state index is -0.130. The van der Waals surface area contributed by atoms with Crippen molar-refractivity contribution < 1.29 is 9.53 Å². The van der Waals surface area contributed by atoms with E-state index in [2.05, 4.69) is 22.0 Å². The molecule has 0 radical (unpaired) electrons. The summed E-state index contributed by atoms with van der Waals surface area (Å²) in [4.78, 5) is 11.1. The van der Waals surface area contributed by atoms with Crippen LogP contribution >= 0.6 is 15.9 Å². The highest BCUT2D eigenvalue weighted by molar-refractivity contribution is 9.10. The summed E-state index contributed by atoms with van der Waals surface area (Å²) in [6.07, 6.45) is 1.18. The van der Waals surface area contributed by atoms with Crippen LogP contribution in [0.4, 0.5) is 0 Å². The maximum Gasteiger partial charge on any atom is 0.306 e. The van der Waals surface area contributed by atoms with Gasteiger partial charge in [-0.3, -0.25) is 4.79 Å². The summed E-state index contributed by atoms with van der Waals surface area (Å²) >= 11 is 3.47. The van der Waals surface area contributed by atoms with Gasteiger partial charge in [0.25, 0.3) is 0 Å². The van der Waals surface area contributed by atoms with E-state index in [1.165, 1.54) is 5.56 Å². The first kappa shape index (κ1) is 12.2. The van der Waals surface area contributed by atoms with E-state index in [1.54, 1.807) is 0 Å². The molecule has 0 saturated heterocycles. The number of esters is 1. The predicted octanol–water partition coefficient (Wildman–Crippen LogP) is 3.25. The first-order valence-corrected chi connectivity index (χ1v) is 5.83. The normalized spacial score (nSPS) is 10.1. The number of ether oxygens (including phenoxy) is 1. The SMILES string of the molecule is CCOC(=O)CCc1ccc(C)c(Br)c1. The molecule has 0 aliphatic carbocycles. The van der Waals surface area contributed by atoms with E-state index in [1.807, 2.05) is 26.0 Å². The lowest BCUT2D eigenvalue weighted by Crippen LogP contribution is -2.05. The van der Waals surface area contributed by atoms with Crippen molar-refractivity contribution in [3.05, 3.63) is 33.8 Å². The second-order valence-electron chi connectivity index (χ2n) is 3.39. The van der Waals surface area contributed by atoms with Gasteiger partial charge in [0.15, 0.2) is 0 Å². The first-order chi connectivity index (χ1) is 7.13. The molecule has 1 aromatic rings. The van der Waals surface area contributed by atoms with Crippen molar-refractivity contribution >= 4 is 21.9 Å². The van der Waals surface area contributed by atoms with Crippen LogP contribution in [0.5, 0.6) is 0 Å². The Balaban J connectivity index is 2.51. The summed E-state index contributed by atoms with van der Waals surface area (Å²) in [5, 5.41) is 0. The highest BCUT2D eigenvalue weighted by Crippen LogP contribution is 2.18. The zero-order valence-electron chi connectivity index (χ0n) is 9.05. The predicted molar refractivity (Wildman–Crippen MR) is 63.8 cm³/mol. The molecule has 0 aliphatic rings. The van der Waals surface area contributed by atoms with Crippen LogP contribution in [0.15, 0.2) is 22.7 Å². The molecule has 0 heterocycles. The highest BCUT2D eigenvalue weighted by atomic mass is 79.9. The van der Waals surface area contributed by atoms with E-state index in [0.717, 1.165) is 16.5 Å². The van der Waals surface area contributed by atoms with Gasteiger partial charge in [-0.2, -0.15) is 0 Å². The third kappa shape index (κ3) is 4.04. The van der Waals surface area contributed by atoms with Crippen LogP contribution in [-0.4, -0.2) is 12.6 Å². The molecule has 0 fully saturated rings. The summed E-state index contributed by atoms with van der Waals surface area (Å²) in [5.74, 6) is -0.130. The summed E-state index contributed by atoms with van der Waals surface area (Å²) in [6, 6.07) is 6.14. The van der Waals surface area contributed by atoms with Gasteiger partial charge in [-0.15, -0.1) is 0 Å². The Morgan fingerprint density at radius 3 is 2.80 bits per heavy atom. The number of benzene rings is 1. The number of hydrogen-bond donors (Lipinski definition) is 0. The second kappa shape index (κ2) is 5.91.